The zero-order valence-electron chi connectivity index (χ0n) is 31.1. The second kappa shape index (κ2) is 14.9. The van der Waals surface area contributed by atoms with Gasteiger partial charge in [0.2, 0.25) is 5.89 Å². The van der Waals surface area contributed by atoms with Crippen LogP contribution in [0.25, 0.3) is 55.6 Å². The minimum atomic E-state index is 0.595. The van der Waals surface area contributed by atoms with Crippen molar-refractivity contribution >= 4 is 56.0 Å². The van der Waals surface area contributed by atoms with Crippen LogP contribution in [0.5, 0.6) is 0 Å². The van der Waals surface area contributed by atoms with Gasteiger partial charge in [-0.2, -0.15) is 0 Å². The van der Waals surface area contributed by atoms with Gasteiger partial charge in [-0.3, -0.25) is 0 Å². The molecule has 0 saturated heterocycles. The van der Waals surface area contributed by atoms with Gasteiger partial charge in [-0.25, -0.2) is 4.98 Å². The number of hydrogen-bond acceptors (Lipinski definition) is 4. The van der Waals surface area contributed by atoms with E-state index in [2.05, 4.69) is 204 Å². The number of hydrogen-bond donors (Lipinski definition) is 0. The molecule has 0 aliphatic carbocycles. The van der Waals surface area contributed by atoms with Crippen LogP contribution in [0.2, 0.25) is 0 Å². The number of aromatic nitrogens is 1. The van der Waals surface area contributed by atoms with Crippen molar-refractivity contribution in [1.29, 1.82) is 0 Å². The topological polar surface area (TPSA) is 32.5 Å². The molecular weight excluding hydrogens is 695 g/mol. The summed E-state index contributed by atoms with van der Waals surface area (Å²) < 4.78 is 6.47. The third kappa shape index (κ3) is 6.60. The Morgan fingerprint density at radius 3 is 1.26 bits per heavy atom. The average molecular weight is 732 g/mol. The minimum absolute atomic E-state index is 0.595. The fraction of sp³-hybridized carbons (Fsp3) is 0. The molecule has 0 bridgehead atoms. The van der Waals surface area contributed by atoms with Gasteiger partial charge in [-0.05, 0) is 107 Å². The normalized spacial score (nSPS) is 11.2. The van der Waals surface area contributed by atoms with Gasteiger partial charge < -0.3 is 14.2 Å². The highest BCUT2D eigenvalue weighted by Crippen LogP contribution is 2.46. The molecular formula is C53H37N3O. The summed E-state index contributed by atoms with van der Waals surface area (Å²) in [5.41, 5.74) is 13.4. The van der Waals surface area contributed by atoms with Crippen LogP contribution in [0.3, 0.4) is 0 Å². The molecule has 1 aromatic heterocycles. The Morgan fingerprint density at radius 2 is 0.737 bits per heavy atom. The zero-order valence-corrected chi connectivity index (χ0v) is 31.1. The van der Waals surface area contributed by atoms with Crippen molar-refractivity contribution in [2.75, 3.05) is 9.80 Å². The first-order valence-electron chi connectivity index (χ1n) is 19.2. The molecule has 0 aliphatic rings. The van der Waals surface area contributed by atoms with Gasteiger partial charge in [0.25, 0.3) is 0 Å². The summed E-state index contributed by atoms with van der Waals surface area (Å²) in [5.74, 6) is 0.595. The lowest BCUT2D eigenvalue weighted by Crippen LogP contribution is -2.14. The maximum Gasteiger partial charge on any atom is 0.227 e. The van der Waals surface area contributed by atoms with Gasteiger partial charge in [0.05, 0.1) is 5.69 Å². The quantitative estimate of drug-likeness (QED) is 0.148. The van der Waals surface area contributed by atoms with Crippen molar-refractivity contribution in [3.8, 4) is 33.7 Å². The van der Waals surface area contributed by atoms with E-state index in [4.69, 9.17) is 9.40 Å². The van der Waals surface area contributed by atoms with Crippen LogP contribution in [0.4, 0.5) is 34.1 Å². The second-order valence-corrected chi connectivity index (χ2v) is 14.0. The summed E-state index contributed by atoms with van der Waals surface area (Å²) in [5, 5.41) is 2.05. The molecule has 57 heavy (non-hydrogen) atoms. The number of rotatable bonds is 9. The van der Waals surface area contributed by atoms with E-state index in [-0.39, 0.29) is 0 Å². The average Bonchev–Trinajstić information content (AvgIpc) is 3.74. The molecule has 0 saturated carbocycles. The molecule has 0 amide bonds. The van der Waals surface area contributed by atoms with Gasteiger partial charge in [0.15, 0.2) is 5.58 Å². The maximum atomic E-state index is 6.47. The van der Waals surface area contributed by atoms with Crippen molar-refractivity contribution in [2.24, 2.45) is 0 Å². The molecule has 0 radical (unpaired) electrons. The van der Waals surface area contributed by atoms with Crippen LogP contribution < -0.4 is 9.80 Å². The summed E-state index contributed by atoms with van der Waals surface area (Å²) in [6.45, 7) is 0. The third-order valence-electron chi connectivity index (χ3n) is 10.5. The third-order valence-corrected chi connectivity index (χ3v) is 10.5. The Morgan fingerprint density at radius 1 is 0.316 bits per heavy atom. The van der Waals surface area contributed by atoms with Crippen LogP contribution in [0.1, 0.15) is 0 Å². The maximum absolute atomic E-state index is 6.47. The van der Waals surface area contributed by atoms with E-state index >= 15 is 0 Å². The molecule has 9 aromatic carbocycles. The molecule has 10 rings (SSSR count). The Balaban J connectivity index is 1.22. The van der Waals surface area contributed by atoms with Crippen LogP contribution in [-0.4, -0.2) is 4.98 Å². The van der Waals surface area contributed by atoms with E-state index in [1.807, 2.05) is 30.3 Å². The van der Waals surface area contributed by atoms with Gasteiger partial charge in [0, 0.05) is 44.8 Å². The summed E-state index contributed by atoms with van der Waals surface area (Å²) in [6, 6.07) is 78.8. The minimum Gasteiger partial charge on any atom is -0.436 e. The first-order chi connectivity index (χ1) is 28.3. The molecule has 270 valence electrons. The van der Waals surface area contributed by atoms with Crippen LogP contribution in [-0.2, 0) is 0 Å². The second-order valence-electron chi connectivity index (χ2n) is 14.0. The van der Waals surface area contributed by atoms with E-state index < -0.39 is 0 Å². The number of para-hydroxylation sites is 2. The molecule has 0 spiro atoms. The number of oxazole rings is 1. The van der Waals surface area contributed by atoms with E-state index in [9.17, 15) is 0 Å². The monoisotopic (exact) mass is 731 g/mol. The van der Waals surface area contributed by atoms with E-state index in [1.165, 1.54) is 16.7 Å². The summed E-state index contributed by atoms with van der Waals surface area (Å²) in [6.07, 6.45) is 0. The lowest BCUT2D eigenvalue weighted by atomic mass is 10.0. The van der Waals surface area contributed by atoms with Crippen LogP contribution >= 0.6 is 0 Å². The predicted molar refractivity (Wildman–Crippen MR) is 237 cm³/mol. The van der Waals surface area contributed by atoms with E-state index in [0.717, 1.165) is 67.1 Å². The number of fused-ring (bicyclic) bond motifs is 3. The summed E-state index contributed by atoms with van der Waals surface area (Å²) >= 11 is 0. The molecule has 1 heterocycles. The molecule has 0 unspecified atom stereocenters. The predicted octanol–water partition coefficient (Wildman–Crippen LogP) is 14.9. The highest BCUT2D eigenvalue weighted by atomic mass is 16.3. The van der Waals surface area contributed by atoms with Crippen molar-refractivity contribution in [1.82, 2.24) is 4.98 Å². The van der Waals surface area contributed by atoms with Crippen LogP contribution in [0, 0.1) is 0 Å². The SMILES string of the molecule is c1ccc(-c2ccc(N(c3ccccc3)c3cc(N(c4ccccc4)c4ccc(-c5ccccc5)cc4)c4ccc5oc(-c6ccccc6)nc5c4c3)cc2)cc1. The van der Waals surface area contributed by atoms with Crippen LogP contribution in [0.15, 0.2) is 229 Å². The van der Waals surface area contributed by atoms with E-state index in [1.54, 1.807) is 0 Å². The number of anilines is 6. The zero-order chi connectivity index (χ0) is 38.0. The van der Waals surface area contributed by atoms with Gasteiger partial charge in [-0.1, -0.05) is 140 Å². The molecule has 0 atom stereocenters. The molecule has 0 fully saturated rings. The van der Waals surface area contributed by atoms with Crippen molar-refractivity contribution in [3.05, 3.63) is 224 Å². The Hall–Kier alpha value is -7.69. The molecule has 10 aromatic rings. The van der Waals surface area contributed by atoms with Crippen molar-refractivity contribution < 1.29 is 4.42 Å². The molecule has 0 N–H and O–H groups in total. The fourth-order valence-corrected chi connectivity index (χ4v) is 7.71. The first kappa shape index (κ1) is 33.8. The number of benzene rings is 9. The van der Waals surface area contributed by atoms with Gasteiger partial charge in [-0.15, -0.1) is 0 Å². The van der Waals surface area contributed by atoms with Gasteiger partial charge in [0.1, 0.15) is 5.52 Å². The van der Waals surface area contributed by atoms with Crippen molar-refractivity contribution in [2.45, 2.75) is 0 Å². The van der Waals surface area contributed by atoms with Crippen molar-refractivity contribution in [3.63, 3.8) is 0 Å². The lowest BCUT2D eigenvalue weighted by molar-refractivity contribution is 0.620. The molecule has 4 heteroatoms. The highest BCUT2D eigenvalue weighted by Gasteiger charge is 2.23. The smallest absolute Gasteiger partial charge is 0.227 e. The Bertz CT molecular complexity index is 2910. The Kier molecular flexibility index (Phi) is 8.82. The van der Waals surface area contributed by atoms with E-state index in [0.29, 0.717) is 5.89 Å². The first-order valence-corrected chi connectivity index (χ1v) is 19.2. The largest absolute Gasteiger partial charge is 0.436 e. The highest BCUT2D eigenvalue weighted by molar-refractivity contribution is 6.12. The molecule has 4 nitrogen and oxygen atoms in total. The Labute approximate surface area is 332 Å². The lowest BCUT2D eigenvalue weighted by Gasteiger charge is -2.31. The van der Waals surface area contributed by atoms with Gasteiger partial charge >= 0.3 is 0 Å². The fourth-order valence-electron chi connectivity index (χ4n) is 7.71. The standard InChI is InChI=1S/C53H37N3O/c1-6-16-38(17-7-1)40-26-30-45(31-27-40)55(43-22-12-4-13-23-43)47-36-49-48(34-35-51-52(49)54-53(57-51)42-20-10-3-11-21-42)50(37-47)56(44-24-14-5-15-25-44)46-32-28-41(29-33-46)39-18-8-2-9-19-39/h1-37H. The molecule has 0 aliphatic heterocycles. The summed E-state index contributed by atoms with van der Waals surface area (Å²) in [4.78, 5) is 9.87. The number of nitrogens with zero attached hydrogens (tertiary/aromatic N) is 3. The summed E-state index contributed by atoms with van der Waals surface area (Å²) in [7, 11) is 0.